The van der Waals surface area contributed by atoms with Crippen molar-refractivity contribution in [1.82, 2.24) is 4.90 Å². The predicted octanol–water partition coefficient (Wildman–Crippen LogP) is 0.955. The van der Waals surface area contributed by atoms with Crippen LogP contribution in [0.3, 0.4) is 0 Å². The van der Waals surface area contributed by atoms with E-state index in [1.807, 2.05) is 0 Å². The lowest BCUT2D eigenvalue weighted by Crippen LogP contribution is -2.42. The molecule has 2 unspecified atom stereocenters. The average molecular weight is 310 g/mol. The molecule has 0 radical (unpaired) electrons. The molecule has 7 heteroatoms. The van der Waals surface area contributed by atoms with Crippen LogP contribution in [0.25, 0.3) is 0 Å². The van der Waals surface area contributed by atoms with Gasteiger partial charge in [-0.2, -0.15) is 0 Å². The molecule has 0 spiro atoms. The minimum absolute atomic E-state index is 0.0151. The minimum atomic E-state index is -3.75. The van der Waals surface area contributed by atoms with Crippen LogP contribution in [-0.4, -0.2) is 38.5 Å². The molecule has 116 valence electrons. The van der Waals surface area contributed by atoms with Crippen LogP contribution in [-0.2, 0) is 10.0 Å². The van der Waals surface area contributed by atoms with Crippen molar-refractivity contribution in [3.8, 4) is 0 Å². The van der Waals surface area contributed by atoms with Crippen molar-refractivity contribution in [2.75, 3.05) is 24.1 Å². The van der Waals surface area contributed by atoms with Crippen LogP contribution in [0.2, 0.25) is 0 Å². The quantitative estimate of drug-likeness (QED) is 0.722. The van der Waals surface area contributed by atoms with Crippen molar-refractivity contribution in [2.24, 2.45) is 5.14 Å². The van der Waals surface area contributed by atoms with E-state index >= 15 is 0 Å². The van der Waals surface area contributed by atoms with Crippen molar-refractivity contribution in [3.05, 3.63) is 18.2 Å². The molecule has 0 aromatic heterocycles. The highest BCUT2D eigenvalue weighted by molar-refractivity contribution is 7.89. The Bertz CT molecular complexity index is 632. The first-order valence-electron chi connectivity index (χ1n) is 7.36. The third-order valence-corrected chi connectivity index (χ3v) is 5.49. The summed E-state index contributed by atoms with van der Waals surface area (Å²) in [5, 5.41) is 8.59. The highest BCUT2D eigenvalue weighted by atomic mass is 32.2. The van der Waals surface area contributed by atoms with Gasteiger partial charge in [-0.05, 0) is 50.4 Å². The minimum Gasteiger partial charge on any atom is -0.398 e. The number of nitrogen functional groups attached to an aromatic ring is 1. The van der Waals surface area contributed by atoms with Crippen LogP contribution in [0, 0.1) is 0 Å². The monoisotopic (exact) mass is 310 g/mol. The molecule has 1 aromatic carbocycles. The number of nitrogens with zero attached hydrogens (tertiary/aromatic N) is 1. The molecule has 0 saturated carbocycles. The predicted molar refractivity (Wildman–Crippen MR) is 83.5 cm³/mol. The lowest BCUT2D eigenvalue weighted by atomic mass is 9.97. The molecule has 2 heterocycles. The molecular weight excluding hydrogens is 288 g/mol. The number of piperidine rings is 1. The average Bonchev–Trinajstić information content (AvgIpc) is 2.84. The van der Waals surface area contributed by atoms with Crippen LogP contribution in [0.5, 0.6) is 0 Å². The molecular formula is C14H22N4O2S. The third kappa shape index (κ3) is 3.14. The van der Waals surface area contributed by atoms with Gasteiger partial charge in [0.25, 0.3) is 0 Å². The van der Waals surface area contributed by atoms with Crippen LogP contribution in [0.15, 0.2) is 23.1 Å². The Morgan fingerprint density at radius 3 is 2.76 bits per heavy atom. The summed E-state index contributed by atoms with van der Waals surface area (Å²) >= 11 is 0. The van der Waals surface area contributed by atoms with Crippen molar-refractivity contribution in [2.45, 2.75) is 42.7 Å². The number of sulfonamides is 1. The molecule has 2 atom stereocenters. The number of fused-ring (bicyclic) bond motifs is 1. The molecule has 0 bridgehead atoms. The van der Waals surface area contributed by atoms with Crippen molar-refractivity contribution >= 4 is 21.4 Å². The van der Waals surface area contributed by atoms with Crippen molar-refractivity contribution in [1.29, 1.82) is 0 Å². The van der Waals surface area contributed by atoms with Crippen LogP contribution in [0.4, 0.5) is 11.4 Å². The van der Waals surface area contributed by atoms with Gasteiger partial charge in [0.05, 0.1) is 5.69 Å². The number of primary sulfonamides is 1. The van der Waals surface area contributed by atoms with Gasteiger partial charge in [-0.3, -0.25) is 0 Å². The zero-order chi connectivity index (χ0) is 15.0. The summed E-state index contributed by atoms with van der Waals surface area (Å²) in [6.07, 6.45) is 4.82. The van der Waals surface area contributed by atoms with E-state index in [1.54, 1.807) is 12.1 Å². The van der Waals surface area contributed by atoms with Gasteiger partial charge in [-0.1, -0.05) is 0 Å². The Balaban J connectivity index is 1.69. The Morgan fingerprint density at radius 1 is 1.24 bits per heavy atom. The smallest absolute Gasteiger partial charge is 0.240 e. The highest BCUT2D eigenvalue weighted by Crippen LogP contribution is 2.29. The molecule has 0 aliphatic carbocycles. The second-order valence-electron chi connectivity index (χ2n) is 6.00. The number of rotatable bonds is 3. The van der Waals surface area contributed by atoms with Gasteiger partial charge < -0.3 is 16.0 Å². The van der Waals surface area contributed by atoms with E-state index in [4.69, 9.17) is 10.9 Å². The van der Waals surface area contributed by atoms with E-state index < -0.39 is 10.0 Å². The summed E-state index contributed by atoms with van der Waals surface area (Å²) in [5.41, 5.74) is 6.84. The molecule has 2 aliphatic rings. The SMILES string of the molecule is Nc1cc(NC2CCN3CCCC3C2)ccc1S(N)(=O)=O. The number of hydrogen-bond donors (Lipinski definition) is 3. The highest BCUT2D eigenvalue weighted by Gasteiger charge is 2.31. The summed E-state index contributed by atoms with van der Waals surface area (Å²) in [6.45, 7) is 2.36. The maximum atomic E-state index is 11.4. The molecule has 0 amide bonds. The molecule has 21 heavy (non-hydrogen) atoms. The lowest BCUT2D eigenvalue weighted by Gasteiger charge is -2.35. The fourth-order valence-electron chi connectivity index (χ4n) is 3.49. The Kier molecular flexibility index (Phi) is 3.81. The van der Waals surface area contributed by atoms with E-state index in [-0.39, 0.29) is 10.6 Å². The maximum Gasteiger partial charge on any atom is 0.240 e. The Hall–Kier alpha value is -1.31. The van der Waals surface area contributed by atoms with Crippen molar-refractivity contribution < 1.29 is 8.42 Å². The zero-order valence-corrected chi connectivity index (χ0v) is 12.8. The van der Waals surface area contributed by atoms with Gasteiger partial charge >= 0.3 is 0 Å². The van der Waals surface area contributed by atoms with E-state index in [1.165, 1.54) is 25.5 Å². The standard InChI is InChI=1S/C14H22N4O2S/c15-13-9-10(3-4-14(13)21(16,19)20)17-11-5-7-18-6-1-2-12(18)8-11/h3-4,9,11-12,17H,1-2,5-8,15H2,(H2,16,19,20). The Morgan fingerprint density at radius 2 is 2.05 bits per heavy atom. The van der Waals surface area contributed by atoms with E-state index in [9.17, 15) is 8.42 Å². The topological polar surface area (TPSA) is 101 Å². The summed E-state index contributed by atoms with van der Waals surface area (Å²) in [5.74, 6) is 0. The fourth-order valence-corrected chi connectivity index (χ4v) is 4.13. The molecule has 2 aliphatic heterocycles. The van der Waals surface area contributed by atoms with Crippen LogP contribution >= 0.6 is 0 Å². The van der Waals surface area contributed by atoms with Gasteiger partial charge in [0.2, 0.25) is 10.0 Å². The van der Waals surface area contributed by atoms with E-state index in [0.717, 1.165) is 25.1 Å². The van der Waals surface area contributed by atoms with Crippen LogP contribution in [0.1, 0.15) is 25.7 Å². The number of nitrogens with two attached hydrogens (primary N) is 2. The Labute approximate surface area is 125 Å². The number of anilines is 2. The lowest BCUT2D eigenvalue weighted by molar-refractivity contribution is 0.188. The maximum absolute atomic E-state index is 11.4. The second-order valence-corrected chi connectivity index (χ2v) is 7.53. The molecule has 5 N–H and O–H groups in total. The first kappa shape index (κ1) is 14.6. The van der Waals surface area contributed by atoms with Crippen LogP contribution < -0.4 is 16.2 Å². The van der Waals surface area contributed by atoms with E-state index in [0.29, 0.717) is 12.1 Å². The van der Waals surface area contributed by atoms with Crippen molar-refractivity contribution in [3.63, 3.8) is 0 Å². The van der Waals surface area contributed by atoms with E-state index in [2.05, 4.69) is 10.2 Å². The molecule has 1 aromatic rings. The zero-order valence-electron chi connectivity index (χ0n) is 12.0. The summed E-state index contributed by atoms with van der Waals surface area (Å²) in [6, 6.07) is 5.97. The summed E-state index contributed by atoms with van der Waals surface area (Å²) < 4.78 is 22.7. The molecule has 3 rings (SSSR count). The fraction of sp³-hybridized carbons (Fsp3) is 0.571. The first-order valence-corrected chi connectivity index (χ1v) is 8.91. The van der Waals surface area contributed by atoms with Gasteiger partial charge in [-0.15, -0.1) is 0 Å². The number of benzene rings is 1. The summed E-state index contributed by atoms with van der Waals surface area (Å²) in [7, 11) is -3.75. The van der Waals surface area contributed by atoms with Gasteiger partial charge in [0.15, 0.2) is 0 Å². The van der Waals surface area contributed by atoms with Gasteiger partial charge in [-0.25, -0.2) is 13.6 Å². The van der Waals surface area contributed by atoms with Gasteiger partial charge in [0, 0.05) is 24.3 Å². The molecule has 2 saturated heterocycles. The number of hydrogen-bond acceptors (Lipinski definition) is 5. The second kappa shape index (κ2) is 5.47. The first-order chi connectivity index (χ1) is 9.93. The number of nitrogens with one attached hydrogen (secondary N) is 1. The largest absolute Gasteiger partial charge is 0.398 e. The normalized spacial score (nSPS) is 26.5. The molecule has 2 fully saturated rings. The summed E-state index contributed by atoms with van der Waals surface area (Å²) in [4.78, 5) is 2.55. The third-order valence-electron chi connectivity index (χ3n) is 4.51. The molecule has 6 nitrogen and oxygen atoms in total. The van der Waals surface area contributed by atoms with Gasteiger partial charge in [0.1, 0.15) is 4.90 Å².